The molecule has 1 aromatic rings. The van der Waals surface area contributed by atoms with Crippen LogP contribution in [-0.4, -0.2) is 30.6 Å². The van der Waals surface area contributed by atoms with E-state index in [1.807, 2.05) is 24.3 Å². The second-order valence-electron chi connectivity index (χ2n) is 4.50. The van der Waals surface area contributed by atoms with E-state index in [1.54, 1.807) is 0 Å². The third-order valence-electron chi connectivity index (χ3n) is 2.71. The maximum absolute atomic E-state index is 8.87. The van der Waals surface area contributed by atoms with Crippen molar-refractivity contribution in [3.63, 3.8) is 0 Å². The van der Waals surface area contributed by atoms with Crippen LogP contribution in [0.5, 0.6) is 0 Å². The SMILES string of the molecule is CN(C)CC1=CC(=c2ccc(=CO)cc2)C=C1. The van der Waals surface area contributed by atoms with Crippen molar-refractivity contribution in [2.24, 2.45) is 0 Å². The van der Waals surface area contributed by atoms with Gasteiger partial charge >= 0.3 is 0 Å². The summed E-state index contributed by atoms with van der Waals surface area (Å²) in [4.78, 5) is 2.16. The van der Waals surface area contributed by atoms with Crippen molar-refractivity contribution in [2.45, 2.75) is 0 Å². The van der Waals surface area contributed by atoms with E-state index < -0.39 is 0 Å². The lowest BCUT2D eigenvalue weighted by atomic mass is 10.1. The lowest BCUT2D eigenvalue weighted by Gasteiger charge is -2.07. The number of hydrogen-bond donors (Lipinski definition) is 1. The summed E-state index contributed by atoms with van der Waals surface area (Å²) in [5.74, 6) is 0. The summed E-state index contributed by atoms with van der Waals surface area (Å²) in [5, 5.41) is 10.9. The van der Waals surface area contributed by atoms with Crippen molar-refractivity contribution in [3.05, 3.63) is 58.5 Å². The average molecular weight is 227 g/mol. The number of benzene rings is 1. The highest BCUT2D eigenvalue weighted by molar-refractivity contribution is 5.73. The van der Waals surface area contributed by atoms with E-state index in [4.69, 9.17) is 5.11 Å². The Balaban J connectivity index is 2.35. The summed E-state index contributed by atoms with van der Waals surface area (Å²) in [6.07, 6.45) is 7.61. The predicted octanol–water partition coefficient (Wildman–Crippen LogP) is 1.19. The molecule has 17 heavy (non-hydrogen) atoms. The van der Waals surface area contributed by atoms with Gasteiger partial charge in [-0.3, -0.25) is 0 Å². The molecule has 0 bridgehead atoms. The molecule has 0 aliphatic heterocycles. The molecule has 0 heterocycles. The van der Waals surface area contributed by atoms with Crippen molar-refractivity contribution in [2.75, 3.05) is 20.6 Å². The molecule has 0 amide bonds. The van der Waals surface area contributed by atoms with Crippen LogP contribution in [0, 0.1) is 0 Å². The van der Waals surface area contributed by atoms with Crippen LogP contribution >= 0.6 is 0 Å². The first-order chi connectivity index (χ1) is 8.19. The molecule has 0 saturated carbocycles. The highest BCUT2D eigenvalue weighted by Gasteiger charge is 2.03. The van der Waals surface area contributed by atoms with Crippen molar-refractivity contribution in [1.29, 1.82) is 0 Å². The van der Waals surface area contributed by atoms with Gasteiger partial charge in [0.05, 0.1) is 6.26 Å². The van der Waals surface area contributed by atoms with Gasteiger partial charge in [-0.25, -0.2) is 0 Å². The zero-order valence-electron chi connectivity index (χ0n) is 10.2. The molecular formula is C15H17NO. The van der Waals surface area contributed by atoms with Crippen molar-refractivity contribution < 1.29 is 5.11 Å². The van der Waals surface area contributed by atoms with Crippen LogP contribution in [0.1, 0.15) is 0 Å². The number of likely N-dealkylation sites (N-methyl/N-ethyl adjacent to an activating group) is 1. The molecule has 1 aromatic carbocycles. The smallest absolute Gasteiger partial charge is 0.0864 e. The third kappa shape index (κ3) is 2.86. The molecule has 0 atom stereocenters. The zero-order chi connectivity index (χ0) is 12.3. The van der Waals surface area contributed by atoms with Gasteiger partial charge in [0.25, 0.3) is 0 Å². The summed E-state index contributed by atoms with van der Waals surface area (Å²) < 4.78 is 0. The molecular weight excluding hydrogens is 210 g/mol. The number of hydrogen-bond acceptors (Lipinski definition) is 2. The van der Waals surface area contributed by atoms with Crippen LogP contribution in [0.4, 0.5) is 0 Å². The number of rotatable bonds is 2. The lowest BCUT2D eigenvalue weighted by molar-refractivity contribution is 0.449. The fourth-order valence-corrected chi connectivity index (χ4v) is 1.90. The largest absolute Gasteiger partial charge is 0.515 e. The Morgan fingerprint density at radius 2 is 1.82 bits per heavy atom. The molecule has 2 nitrogen and oxygen atoms in total. The molecule has 0 spiro atoms. The maximum atomic E-state index is 8.87. The Labute approximate surface area is 102 Å². The van der Waals surface area contributed by atoms with Crippen LogP contribution in [0.3, 0.4) is 0 Å². The molecule has 0 fully saturated rings. The minimum Gasteiger partial charge on any atom is -0.515 e. The first-order valence-corrected chi connectivity index (χ1v) is 5.67. The maximum Gasteiger partial charge on any atom is 0.0864 e. The molecule has 1 N–H and O–H groups in total. The van der Waals surface area contributed by atoms with E-state index in [0.29, 0.717) is 0 Å². The minimum atomic E-state index is 0.828. The Morgan fingerprint density at radius 3 is 2.41 bits per heavy atom. The summed E-state index contributed by atoms with van der Waals surface area (Å²) in [6, 6.07) is 7.87. The fraction of sp³-hybridized carbons (Fsp3) is 0.200. The van der Waals surface area contributed by atoms with E-state index in [0.717, 1.165) is 18.0 Å². The molecule has 0 aromatic heterocycles. The molecule has 88 valence electrons. The van der Waals surface area contributed by atoms with Crippen LogP contribution in [0.2, 0.25) is 0 Å². The Morgan fingerprint density at radius 1 is 1.12 bits per heavy atom. The molecule has 0 saturated heterocycles. The second kappa shape index (κ2) is 5.02. The molecule has 0 radical (unpaired) electrons. The highest BCUT2D eigenvalue weighted by atomic mass is 16.2. The summed E-state index contributed by atoms with van der Waals surface area (Å²) in [6.45, 7) is 0.961. The van der Waals surface area contributed by atoms with E-state index in [1.165, 1.54) is 16.4 Å². The second-order valence-corrected chi connectivity index (χ2v) is 4.50. The van der Waals surface area contributed by atoms with Crippen LogP contribution < -0.4 is 10.4 Å². The third-order valence-corrected chi connectivity index (χ3v) is 2.71. The molecule has 2 rings (SSSR count). The normalized spacial score (nSPS) is 14.3. The van der Waals surface area contributed by atoms with Crippen molar-refractivity contribution in [1.82, 2.24) is 4.90 Å². The van der Waals surface area contributed by atoms with Gasteiger partial charge in [-0.2, -0.15) is 0 Å². The van der Waals surface area contributed by atoms with Gasteiger partial charge in [0.1, 0.15) is 0 Å². The minimum absolute atomic E-state index is 0.828. The molecule has 0 unspecified atom stereocenters. The van der Waals surface area contributed by atoms with Gasteiger partial charge in [0.15, 0.2) is 0 Å². The summed E-state index contributed by atoms with van der Waals surface area (Å²) in [7, 11) is 4.14. The van der Waals surface area contributed by atoms with Gasteiger partial charge < -0.3 is 10.0 Å². The number of aliphatic hydroxyl groups is 1. The molecule has 1 aliphatic rings. The van der Waals surface area contributed by atoms with E-state index >= 15 is 0 Å². The zero-order valence-corrected chi connectivity index (χ0v) is 10.2. The van der Waals surface area contributed by atoms with Gasteiger partial charge in [-0.05, 0) is 36.5 Å². The Kier molecular flexibility index (Phi) is 3.45. The average Bonchev–Trinajstić information content (AvgIpc) is 2.77. The Hall–Kier alpha value is -1.80. The highest BCUT2D eigenvalue weighted by Crippen LogP contribution is 2.14. The first kappa shape index (κ1) is 11.7. The number of aliphatic hydroxyl groups excluding tert-OH is 1. The first-order valence-electron chi connectivity index (χ1n) is 5.67. The quantitative estimate of drug-likeness (QED) is 0.820. The van der Waals surface area contributed by atoms with Crippen molar-refractivity contribution in [3.8, 4) is 0 Å². The number of allylic oxidation sites excluding steroid dienone is 2. The number of nitrogens with zero attached hydrogens (tertiary/aromatic N) is 1. The summed E-state index contributed by atoms with van der Waals surface area (Å²) in [5.41, 5.74) is 2.55. The Bertz CT molecular complexity index is 556. The van der Waals surface area contributed by atoms with E-state index in [-0.39, 0.29) is 0 Å². The predicted molar refractivity (Wildman–Crippen MR) is 72.0 cm³/mol. The van der Waals surface area contributed by atoms with E-state index in [9.17, 15) is 0 Å². The van der Waals surface area contributed by atoms with Crippen LogP contribution in [-0.2, 0) is 0 Å². The summed E-state index contributed by atoms with van der Waals surface area (Å²) >= 11 is 0. The topological polar surface area (TPSA) is 23.5 Å². The van der Waals surface area contributed by atoms with Crippen LogP contribution in [0.25, 0.3) is 11.8 Å². The van der Waals surface area contributed by atoms with Crippen molar-refractivity contribution >= 4 is 11.8 Å². The van der Waals surface area contributed by atoms with Gasteiger partial charge in [0, 0.05) is 11.8 Å². The lowest BCUT2D eigenvalue weighted by Crippen LogP contribution is -2.13. The van der Waals surface area contributed by atoms with Gasteiger partial charge in [-0.1, -0.05) is 36.4 Å². The molecule has 1 aliphatic carbocycles. The fourth-order valence-electron chi connectivity index (χ4n) is 1.90. The van der Waals surface area contributed by atoms with Gasteiger partial charge in [-0.15, -0.1) is 0 Å². The van der Waals surface area contributed by atoms with Crippen LogP contribution in [0.15, 0.2) is 48.1 Å². The van der Waals surface area contributed by atoms with E-state index in [2.05, 4.69) is 37.2 Å². The molecule has 2 heteroatoms. The monoisotopic (exact) mass is 227 g/mol. The van der Waals surface area contributed by atoms with Gasteiger partial charge in [0.2, 0.25) is 0 Å². The standard InChI is InChI=1S/C15H17NO/c1-16(2)10-13-5-8-15(9-13)14-6-3-12(11-17)4-7-14/h3-9,11,17H,10H2,1-2H3.